The molecule has 0 saturated carbocycles. The molecule has 0 spiro atoms. The average molecular weight is 522 g/mol. The molecule has 0 bridgehead atoms. The van der Waals surface area contributed by atoms with Gasteiger partial charge in [-0.05, 0) is 18.1 Å². The van der Waals surface area contributed by atoms with Crippen LogP contribution in [0.25, 0.3) is 0 Å². The third kappa shape index (κ3) is 6.90. The first-order valence-corrected chi connectivity index (χ1v) is 10.1. The smallest absolute Gasteiger partial charge is 0.223 e. The van der Waals surface area contributed by atoms with Gasteiger partial charge in [0.2, 0.25) is 5.91 Å². The minimum absolute atomic E-state index is 0. The van der Waals surface area contributed by atoms with E-state index in [0.29, 0.717) is 18.9 Å². The van der Waals surface area contributed by atoms with Gasteiger partial charge >= 0.3 is 0 Å². The molecule has 0 aromatic heterocycles. The molecule has 30 heavy (non-hydrogen) atoms. The Labute approximate surface area is 196 Å². The highest BCUT2D eigenvalue weighted by Gasteiger charge is 2.29. The van der Waals surface area contributed by atoms with Crippen LogP contribution in [-0.2, 0) is 17.8 Å². The predicted molar refractivity (Wildman–Crippen MR) is 131 cm³/mol. The van der Waals surface area contributed by atoms with Crippen molar-refractivity contribution < 1.29 is 9.53 Å². The molecular formula is C23H31IN4O2. The largest absolute Gasteiger partial charge is 0.496 e. The molecule has 1 saturated heterocycles. The van der Waals surface area contributed by atoms with Gasteiger partial charge in [-0.15, -0.1) is 24.0 Å². The summed E-state index contributed by atoms with van der Waals surface area (Å²) in [4.78, 5) is 18.6. The highest BCUT2D eigenvalue weighted by molar-refractivity contribution is 14.0. The van der Waals surface area contributed by atoms with E-state index in [0.717, 1.165) is 43.3 Å². The second kappa shape index (κ2) is 12.4. The molecular weight excluding hydrogens is 491 g/mol. The number of halogens is 1. The van der Waals surface area contributed by atoms with E-state index in [1.807, 2.05) is 47.4 Å². The molecule has 0 radical (unpaired) electrons. The van der Waals surface area contributed by atoms with Crippen LogP contribution in [0.4, 0.5) is 0 Å². The van der Waals surface area contributed by atoms with Crippen molar-refractivity contribution in [1.82, 2.24) is 15.5 Å². The van der Waals surface area contributed by atoms with Crippen LogP contribution in [0.2, 0.25) is 0 Å². The first-order chi connectivity index (χ1) is 14.2. The van der Waals surface area contributed by atoms with E-state index >= 15 is 0 Å². The van der Waals surface area contributed by atoms with Crippen LogP contribution in [0.3, 0.4) is 0 Å². The Kier molecular flexibility index (Phi) is 9.93. The van der Waals surface area contributed by atoms with Gasteiger partial charge in [0.25, 0.3) is 0 Å². The maximum absolute atomic E-state index is 12.3. The number of aliphatic imine (C=N–C) groups is 1. The lowest BCUT2D eigenvalue weighted by molar-refractivity contribution is -0.127. The summed E-state index contributed by atoms with van der Waals surface area (Å²) in [5.74, 6) is 2.12. The van der Waals surface area contributed by atoms with Gasteiger partial charge in [0.15, 0.2) is 5.96 Å². The van der Waals surface area contributed by atoms with Crippen molar-refractivity contribution >= 4 is 35.8 Å². The molecule has 1 fully saturated rings. The molecule has 0 aliphatic carbocycles. The fourth-order valence-electron chi connectivity index (χ4n) is 3.61. The molecule has 1 heterocycles. The zero-order chi connectivity index (χ0) is 20.5. The number of likely N-dealkylation sites (tertiary alicyclic amines) is 1. The summed E-state index contributed by atoms with van der Waals surface area (Å²) in [6, 6.07) is 18.2. The van der Waals surface area contributed by atoms with Crippen molar-refractivity contribution in [2.45, 2.75) is 19.4 Å². The van der Waals surface area contributed by atoms with Crippen LogP contribution in [0, 0.1) is 5.92 Å². The summed E-state index contributed by atoms with van der Waals surface area (Å²) in [5, 5.41) is 6.67. The Morgan fingerprint density at radius 1 is 1.13 bits per heavy atom. The van der Waals surface area contributed by atoms with Gasteiger partial charge in [0.1, 0.15) is 5.75 Å². The van der Waals surface area contributed by atoms with Gasteiger partial charge in [-0.3, -0.25) is 9.79 Å². The number of hydrogen-bond acceptors (Lipinski definition) is 3. The number of carbonyl (C=O) groups is 1. The van der Waals surface area contributed by atoms with E-state index in [1.165, 1.54) is 5.56 Å². The monoisotopic (exact) mass is 522 g/mol. The van der Waals surface area contributed by atoms with Crippen LogP contribution >= 0.6 is 24.0 Å². The van der Waals surface area contributed by atoms with Gasteiger partial charge in [0, 0.05) is 51.1 Å². The summed E-state index contributed by atoms with van der Waals surface area (Å²) in [6.07, 6.45) is 1.49. The number of hydrogen-bond donors (Lipinski definition) is 2. The lowest BCUT2D eigenvalue weighted by Crippen LogP contribution is -2.40. The van der Waals surface area contributed by atoms with Crippen LogP contribution in [0.15, 0.2) is 59.6 Å². The number of benzene rings is 2. The van der Waals surface area contributed by atoms with Gasteiger partial charge < -0.3 is 20.3 Å². The van der Waals surface area contributed by atoms with Gasteiger partial charge in [-0.2, -0.15) is 0 Å². The minimum atomic E-state index is 0. The van der Waals surface area contributed by atoms with Crippen LogP contribution < -0.4 is 15.4 Å². The Balaban J connectivity index is 0.00000320. The summed E-state index contributed by atoms with van der Waals surface area (Å²) in [6.45, 7) is 2.91. The number of nitrogens with one attached hydrogen (secondary N) is 2. The lowest BCUT2D eigenvalue weighted by atomic mass is 10.1. The summed E-state index contributed by atoms with van der Waals surface area (Å²) in [5.41, 5.74) is 2.34. The van der Waals surface area contributed by atoms with Gasteiger partial charge in [-0.25, -0.2) is 0 Å². The number of methoxy groups -OCH3 is 1. The van der Waals surface area contributed by atoms with Crippen molar-refractivity contribution in [2.75, 3.05) is 33.8 Å². The molecule has 1 aliphatic heterocycles. The summed E-state index contributed by atoms with van der Waals surface area (Å²) in [7, 11) is 3.43. The lowest BCUT2D eigenvalue weighted by Gasteiger charge is -2.18. The minimum Gasteiger partial charge on any atom is -0.496 e. The fraction of sp³-hybridized carbons (Fsp3) is 0.391. The summed E-state index contributed by atoms with van der Waals surface area (Å²) < 4.78 is 5.39. The SMILES string of the molecule is CN=C(NCc1ccccc1OC)NCC1CC(=O)N(CCc2ccccc2)C1.I. The van der Waals surface area contributed by atoms with Crippen molar-refractivity contribution in [2.24, 2.45) is 10.9 Å². The molecule has 2 aromatic carbocycles. The topological polar surface area (TPSA) is 66.0 Å². The number of nitrogens with zero attached hydrogens (tertiary/aromatic N) is 2. The molecule has 2 N–H and O–H groups in total. The van der Waals surface area contributed by atoms with E-state index in [1.54, 1.807) is 14.2 Å². The second-order valence-electron chi connectivity index (χ2n) is 7.26. The molecule has 1 aliphatic rings. The Bertz CT molecular complexity index is 829. The standard InChI is InChI=1S/C23H30N4O2.HI/c1-24-23(26-16-20-10-6-7-11-21(20)29-2)25-15-19-14-22(28)27(17-19)13-12-18-8-4-3-5-9-18;/h3-11,19H,12-17H2,1-2H3,(H2,24,25,26);1H. The van der Waals surface area contributed by atoms with E-state index < -0.39 is 0 Å². The highest BCUT2D eigenvalue weighted by Crippen LogP contribution is 2.18. The highest BCUT2D eigenvalue weighted by atomic mass is 127. The quantitative estimate of drug-likeness (QED) is 0.318. The predicted octanol–water partition coefficient (Wildman–Crippen LogP) is 3.07. The molecule has 1 atom stereocenters. The van der Waals surface area contributed by atoms with E-state index in [4.69, 9.17) is 4.74 Å². The zero-order valence-electron chi connectivity index (χ0n) is 17.6. The summed E-state index contributed by atoms with van der Waals surface area (Å²) >= 11 is 0. The maximum Gasteiger partial charge on any atom is 0.223 e. The van der Waals surface area contributed by atoms with Gasteiger partial charge in [0.05, 0.1) is 7.11 Å². The first-order valence-electron chi connectivity index (χ1n) is 10.1. The van der Waals surface area contributed by atoms with Gasteiger partial charge in [-0.1, -0.05) is 48.5 Å². The molecule has 6 nitrogen and oxygen atoms in total. The average Bonchev–Trinajstić information content (AvgIpc) is 3.12. The number of rotatable bonds is 8. The Hall–Kier alpha value is -2.29. The maximum atomic E-state index is 12.3. The fourth-order valence-corrected chi connectivity index (χ4v) is 3.61. The Morgan fingerprint density at radius 2 is 1.87 bits per heavy atom. The van der Waals surface area contributed by atoms with Crippen LogP contribution in [-0.4, -0.2) is 50.6 Å². The number of guanidine groups is 1. The van der Waals surface area contributed by atoms with Crippen LogP contribution in [0.5, 0.6) is 5.75 Å². The normalized spacial score (nSPS) is 16.2. The molecule has 1 unspecified atom stereocenters. The number of para-hydroxylation sites is 1. The van der Waals surface area contributed by atoms with Crippen molar-refractivity contribution in [3.63, 3.8) is 0 Å². The van der Waals surface area contributed by atoms with Crippen molar-refractivity contribution in [3.05, 3.63) is 65.7 Å². The molecule has 2 aromatic rings. The number of carbonyl (C=O) groups excluding carboxylic acids is 1. The first kappa shape index (κ1) is 24.0. The second-order valence-corrected chi connectivity index (χ2v) is 7.26. The van der Waals surface area contributed by atoms with Crippen molar-refractivity contribution in [1.29, 1.82) is 0 Å². The molecule has 3 rings (SSSR count). The zero-order valence-corrected chi connectivity index (χ0v) is 20.0. The van der Waals surface area contributed by atoms with E-state index in [9.17, 15) is 4.79 Å². The molecule has 1 amide bonds. The van der Waals surface area contributed by atoms with Crippen molar-refractivity contribution in [3.8, 4) is 5.75 Å². The molecule has 162 valence electrons. The van der Waals surface area contributed by atoms with Crippen LogP contribution in [0.1, 0.15) is 17.5 Å². The molecule has 7 heteroatoms. The Morgan fingerprint density at radius 3 is 2.60 bits per heavy atom. The third-order valence-electron chi connectivity index (χ3n) is 5.23. The van der Waals surface area contributed by atoms with E-state index in [2.05, 4.69) is 27.8 Å². The number of ether oxygens (including phenoxy) is 1. The third-order valence-corrected chi connectivity index (χ3v) is 5.23. The van der Waals surface area contributed by atoms with E-state index in [-0.39, 0.29) is 29.9 Å². The number of amides is 1.